The smallest absolute Gasteiger partial charge is 0.405 e. The summed E-state index contributed by atoms with van der Waals surface area (Å²) in [7, 11) is 1.12. The van der Waals surface area contributed by atoms with Crippen molar-refractivity contribution in [1.29, 1.82) is 0 Å². The van der Waals surface area contributed by atoms with Gasteiger partial charge in [0, 0.05) is 0 Å². The molecule has 0 saturated heterocycles. The van der Waals surface area contributed by atoms with Gasteiger partial charge in [0.1, 0.15) is 18.8 Å². The highest BCUT2D eigenvalue weighted by atomic mass is 19.4. The van der Waals surface area contributed by atoms with Crippen molar-refractivity contribution in [3.63, 3.8) is 0 Å². The fourth-order valence-corrected chi connectivity index (χ4v) is 1.72. The van der Waals surface area contributed by atoms with E-state index in [0.29, 0.717) is 4.90 Å². The van der Waals surface area contributed by atoms with Crippen molar-refractivity contribution >= 4 is 17.3 Å². The Kier molecular flexibility index (Phi) is 4.95. The van der Waals surface area contributed by atoms with E-state index in [-0.39, 0.29) is 5.75 Å². The maximum atomic E-state index is 12.5. The number of aliphatic carboxylic acids is 1. The van der Waals surface area contributed by atoms with Gasteiger partial charge in [-0.1, -0.05) is 6.07 Å². The largest absolute Gasteiger partial charge is 0.490 e. The van der Waals surface area contributed by atoms with Crippen LogP contribution in [-0.4, -0.2) is 42.4 Å². The molecule has 0 spiro atoms. The van der Waals surface area contributed by atoms with Gasteiger partial charge < -0.3 is 14.7 Å². The molecule has 0 aliphatic rings. The van der Waals surface area contributed by atoms with Crippen molar-refractivity contribution in [2.24, 2.45) is 0 Å². The Morgan fingerprint density at radius 3 is 2.52 bits per heavy atom. The van der Waals surface area contributed by atoms with Crippen LogP contribution in [0.1, 0.15) is 0 Å². The minimum Gasteiger partial charge on any atom is -0.490 e. The van der Waals surface area contributed by atoms with E-state index in [9.17, 15) is 28.1 Å². The summed E-state index contributed by atoms with van der Waals surface area (Å²) in [6.45, 7) is -2.67. The molecule has 0 saturated carbocycles. The first-order chi connectivity index (χ1) is 9.65. The number of carbonyl (C=O) groups is 1. The molecule has 0 amide bonds. The topological polar surface area (TPSA) is 92.9 Å². The molecule has 0 bridgehead atoms. The van der Waals surface area contributed by atoms with Gasteiger partial charge in [0.25, 0.3) is 0 Å². The van der Waals surface area contributed by atoms with Crippen molar-refractivity contribution in [3.05, 3.63) is 28.3 Å². The Hall–Kier alpha value is -2.52. The van der Waals surface area contributed by atoms with E-state index in [1.54, 1.807) is 0 Å². The molecule has 0 heterocycles. The van der Waals surface area contributed by atoms with Gasteiger partial charge in [-0.05, 0) is 12.1 Å². The van der Waals surface area contributed by atoms with E-state index < -0.39 is 41.5 Å². The average Bonchev–Trinajstić information content (AvgIpc) is 2.34. The summed E-state index contributed by atoms with van der Waals surface area (Å²) in [6, 6.07) is 3.48. The third-order valence-electron chi connectivity index (χ3n) is 2.42. The number of halogens is 3. The number of alkyl halides is 3. The fraction of sp³-hybridized carbons (Fsp3) is 0.364. The highest BCUT2D eigenvalue weighted by Gasteiger charge is 2.35. The number of nitrogens with zero attached hydrogens (tertiary/aromatic N) is 2. The standard InChI is InChI=1S/C11H11F3N2O5/c1-21-8-4-2-3-7(10(8)16(19)20)15(5-9(17)18)6-11(12,13)14/h2-4H,5-6H2,1H3,(H,17,18). The van der Waals surface area contributed by atoms with E-state index in [0.717, 1.165) is 13.2 Å². The highest BCUT2D eigenvalue weighted by Crippen LogP contribution is 2.37. The van der Waals surface area contributed by atoms with E-state index >= 15 is 0 Å². The highest BCUT2D eigenvalue weighted by molar-refractivity contribution is 5.78. The molecule has 0 fully saturated rings. The first-order valence-electron chi connectivity index (χ1n) is 5.50. The number of carboxylic acid groups (broad SMARTS) is 1. The molecule has 0 aliphatic carbocycles. The normalized spacial score (nSPS) is 11.0. The number of para-hydroxylation sites is 1. The second-order valence-electron chi connectivity index (χ2n) is 3.95. The van der Waals surface area contributed by atoms with Gasteiger partial charge in [0.2, 0.25) is 0 Å². The minimum absolute atomic E-state index is 0.255. The SMILES string of the molecule is COc1cccc(N(CC(=O)O)CC(F)(F)F)c1[N+](=O)[O-]. The van der Waals surface area contributed by atoms with Gasteiger partial charge >= 0.3 is 17.8 Å². The summed E-state index contributed by atoms with van der Waals surface area (Å²) in [5, 5.41) is 19.7. The molecular formula is C11H11F3N2O5. The summed E-state index contributed by atoms with van der Waals surface area (Å²) in [5.41, 5.74) is -1.19. The maximum Gasteiger partial charge on any atom is 0.405 e. The molecule has 1 aromatic carbocycles. The van der Waals surface area contributed by atoms with Crippen molar-refractivity contribution < 1.29 is 32.7 Å². The minimum atomic E-state index is -4.72. The lowest BCUT2D eigenvalue weighted by Crippen LogP contribution is -2.38. The summed E-state index contributed by atoms with van der Waals surface area (Å²) in [5.74, 6) is -1.80. The summed E-state index contributed by atoms with van der Waals surface area (Å²) < 4.78 is 42.3. The number of carboxylic acids is 1. The lowest BCUT2D eigenvalue weighted by atomic mass is 10.2. The molecule has 1 rings (SSSR count). The molecule has 1 N–H and O–H groups in total. The Balaban J connectivity index is 3.35. The second kappa shape index (κ2) is 6.29. The van der Waals surface area contributed by atoms with E-state index in [2.05, 4.69) is 0 Å². The third-order valence-corrected chi connectivity index (χ3v) is 2.42. The Bertz CT molecular complexity index is 547. The van der Waals surface area contributed by atoms with Crippen LogP contribution in [-0.2, 0) is 4.79 Å². The Morgan fingerprint density at radius 2 is 2.10 bits per heavy atom. The number of ether oxygens (including phenoxy) is 1. The second-order valence-corrected chi connectivity index (χ2v) is 3.95. The van der Waals surface area contributed by atoms with Crippen LogP contribution in [0, 0.1) is 10.1 Å². The maximum absolute atomic E-state index is 12.5. The van der Waals surface area contributed by atoms with Gasteiger partial charge in [-0.2, -0.15) is 13.2 Å². The fourth-order valence-electron chi connectivity index (χ4n) is 1.72. The van der Waals surface area contributed by atoms with Crippen LogP contribution < -0.4 is 9.64 Å². The molecule has 0 unspecified atom stereocenters. The van der Waals surface area contributed by atoms with Crippen molar-refractivity contribution in [3.8, 4) is 5.75 Å². The zero-order chi connectivity index (χ0) is 16.2. The van der Waals surface area contributed by atoms with Gasteiger partial charge in [0.05, 0.1) is 12.0 Å². The number of nitro benzene ring substituents is 1. The third kappa shape index (κ3) is 4.51. The number of benzene rings is 1. The molecule has 0 aliphatic heterocycles. The first kappa shape index (κ1) is 16.5. The van der Waals surface area contributed by atoms with Crippen molar-refractivity contribution in [2.45, 2.75) is 6.18 Å². The molecule has 1 aromatic rings. The molecule has 0 aromatic heterocycles. The van der Waals surface area contributed by atoms with Crippen LogP contribution in [0.2, 0.25) is 0 Å². The number of anilines is 1. The summed E-state index contributed by atoms with van der Waals surface area (Å²) in [4.78, 5) is 21.2. The predicted octanol–water partition coefficient (Wildman–Crippen LogP) is 2.06. The number of hydrogen-bond acceptors (Lipinski definition) is 5. The number of rotatable bonds is 6. The zero-order valence-electron chi connectivity index (χ0n) is 10.8. The Morgan fingerprint density at radius 1 is 1.48 bits per heavy atom. The van der Waals surface area contributed by atoms with E-state index in [1.165, 1.54) is 12.1 Å². The average molecular weight is 308 g/mol. The van der Waals surface area contributed by atoms with Crippen LogP contribution in [0.4, 0.5) is 24.5 Å². The zero-order valence-corrected chi connectivity index (χ0v) is 10.8. The molecule has 0 atom stereocenters. The molecule has 116 valence electrons. The molecule has 21 heavy (non-hydrogen) atoms. The van der Waals surface area contributed by atoms with Crippen LogP contribution in [0.15, 0.2) is 18.2 Å². The van der Waals surface area contributed by atoms with Gasteiger partial charge in [0.15, 0.2) is 5.75 Å². The number of nitro groups is 1. The molecule has 0 radical (unpaired) electrons. The van der Waals surface area contributed by atoms with E-state index in [1.807, 2.05) is 0 Å². The number of methoxy groups -OCH3 is 1. The molecular weight excluding hydrogens is 297 g/mol. The predicted molar refractivity (Wildman–Crippen MR) is 65.6 cm³/mol. The number of hydrogen-bond donors (Lipinski definition) is 1. The van der Waals surface area contributed by atoms with Crippen molar-refractivity contribution in [2.75, 3.05) is 25.1 Å². The monoisotopic (exact) mass is 308 g/mol. The quantitative estimate of drug-likeness (QED) is 0.638. The lowest BCUT2D eigenvalue weighted by molar-refractivity contribution is -0.385. The summed E-state index contributed by atoms with van der Waals surface area (Å²) >= 11 is 0. The molecule has 10 heteroatoms. The summed E-state index contributed by atoms with van der Waals surface area (Å²) in [6.07, 6.45) is -4.72. The van der Waals surface area contributed by atoms with Crippen LogP contribution >= 0.6 is 0 Å². The van der Waals surface area contributed by atoms with Crippen LogP contribution in [0.25, 0.3) is 0 Å². The van der Waals surface area contributed by atoms with Crippen LogP contribution in [0.5, 0.6) is 5.75 Å². The van der Waals surface area contributed by atoms with Crippen molar-refractivity contribution in [1.82, 2.24) is 0 Å². The van der Waals surface area contributed by atoms with Gasteiger partial charge in [-0.25, -0.2) is 0 Å². The van der Waals surface area contributed by atoms with Crippen LogP contribution in [0.3, 0.4) is 0 Å². The van der Waals surface area contributed by atoms with Gasteiger partial charge in [-0.15, -0.1) is 0 Å². The van der Waals surface area contributed by atoms with Gasteiger partial charge in [-0.3, -0.25) is 14.9 Å². The lowest BCUT2D eigenvalue weighted by Gasteiger charge is -2.24. The van der Waals surface area contributed by atoms with E-state index in [4.69, 9.17) is 9.84 Å². The molecule has 7 nitrogen and oxygen atoms in total. The first-order valence-corrected chi connectivity index (χ1v) is 5.50. The Labute approximate surface area is 116 Å².